The minimum absolute atomic E-state index is 0.0144. The molecule has 1 aromatic heterocycles. The van der Waals surface area contributed by atoms with E-state index in [0.29, 0.717) is 13.2 Å². The van der Waals surface area contributed by atoms with Gasteiger partial charge in [0.15, 0.2) is 0 Å². The fourth-order valence-corrected chi connectivity index (χ4v) is 5.29. The lowest BCUT2D eigenvalue weighted by Gasteiger charge is -2.39. The number of carbonyl (C=O) groups is 1. The molecule has 33 heavy (non-hydrogen) atoms. The lowest BCUT2D eigenvalue weighted by molar-refractivity contribution is -0.131. The van der Waals surface area contributed by atoms with Gasteiger partial charge in [-0.25, -0.2) is 4.68 Å². The summed E-state index contributed by atoms with van der Waals surface area (Å²) >= 11 is 0. The molecule has 0 bridgehead atoms. The summed E-state index contributed by atoms with van der Waals surface area (Å²) in [6.45, 7) is 4.18. The molecular weight excluding hydrogens is 420 g/mol. The van der Waals surface area contributed by atoms with E-state index >= 15 is 0 Å². The van der Waals surface area contributed by atoms with Crippen LogP contribution in [0.25, 0.3) is 5.69 Å². The first-order chi connectivity index (χ1) is 16.1. The molecule has 1 spiro atoms. The molecule has 2 atom stereocenters. The van der Waals surface area contributed by atoms with Crippen LogP contribution >= 0.6 is 0 Å². The van der Waals surface area contributed by atoms with E-state index in [1.54, 1.807) is 7.11 Å². The van der Waals surface area contributed by atoms with Crippen molar-refractivity contribution in [1.29, 1.82) is 0 Å². The number of piperidine rings is 1. The van der Waals surface area contributed by atoms with Crippen LogP contribution in [0.4, 0.5) is 0 Å². The number of carbonyl (C=O) groups excluding carboxylic acids is 1. The molecule has 178 valence electrons. The van der Waals surface area contributed by atoms with Crippen LogP contribution in [-0.2, 0) is 20.8 Å². The molecule has 2 aromatic rings. The Kier molecular flexibility index (Phi) is 6.66. The zero-order chi connectivity index (χ0) is 22.7. The van der Waals surface area contributed by atoms with Gasteiger partial charge in [-0.15, -0.1) is 0 Å². The van der Waals surface area contributed by atoms with Crippen molar-refractivity contribution in [3.63, 3.8) is 0 Å². The average molecular weight is 455 g/mol. The van der Waals surface area contributed by atoms with Crippen LogP contribution in [0.2, 0.25) is 0 Å². The summed E-state index contributed by atoms with van der Waals surface area (Å²) in [6.07, 6.45) is 9.82. The zero-order valence-electron chi connectivity index (χ0n) is 19.4. The van der Waals surface area contributed by atoms with E-state index in [1.165, 1.54) is 5.56 Å². The fourth-order valence-electron chi connectivity index (χ4n) is 5.29. The molecule has 3 aliphatic rings. The van der Waals surface area contributed by atoms with Crippen LogP contribution in [0, 0.1) is 0 Å². The van der Waals surface area contributed by atoms with Gasteiger partial charge in [0, 0.05) is 44.5 Å². The first kappa shape index (κ1) is 22.4. The number of hydrogen-bond acceptors (Lipinski definition) is 6. The topological polar surface area (TPSA) is 77.9 Å². The molecule has 3 aliphatic heterocycles. The first-order valence-corrected chi connectivity index (χ1v) is 12.1. The van der Waals surface area contributed by atoms with Gasteiger partial charge >= 0.3 is 0 Å². The number of methoxy groups -OCH3 is 1. The lowest BCUT2D eigenvalue weighted by atomic mass is 9.88. The van der Waals surface area contributed by atoms with Gasteiger partial charge in [-0.3, -0.25) is 9.69 Å². The second-order valence-corrected chi connectivity index (χ2v) is 9.45. The minimum Gasteiger partial charge on any atom is -0.494 e. The average Bonchev–Trinajstić information content (AvgIpc) is 3.61. The Morgan fingerprint density at radius 1 is 1.24 bits per heavy atom. The van der Waals surface area contributed by atoms with Gasteiger partial charge in [-0.2, -0.15) is 5.10 Å². The SMILES string of the molecule is COc1ccccc1-n1cc(CN2CCC3(CC[C@@H](CNC(=O)[C@H]4CCCO4)O3)CC2)cn1. The molecule has 4 heterocycles. The molecule has 5 rings (SSSR count). The standard InChI is InChI=1S/C25H34N4O4/c1-31-22-6-3-2-5-21(22)29-18-19(15-27-29)17-28-12-10-25(11-13-28)9-8-20(33-25)16-26-24(30)23-7-4-14-32-23/h2-3,5-6,15,18,20,23H,4,7-14,16-17H2,1H3,(H,26,30)/t20-,23+/m0/s1. The Labute approximate surface area is 195 Å². The van der Waals surface area contributed by atoms with Crippen LogP contribution in [0.15, 0.2) is 36.7 Å². The van der Waals surface area contributed by atoms with Gasteiger partial charge in [-0.05, 0) is 50.7 Å². The summed E-state index contributed by atoms with van der Waals surface area (Å²) < 4.78 is 19.3. The molecule has 3 saturated heterocycles. The van der Waals surface area contributed by atoms with Crippen molar-refractivity contribution in [3.8, 4) is 11.4 Å². The summed E-state index contributed by atoms with van der Waals surface area (Å²) in [4.78, 5) is 14.7. The molecule has 1 N–H and O–H groups in total. The maximum atomic E-state index is 12.2. The molecule has 0 radical (unpaired) electrons. The van der Waals surface area contributed by atoms with Crippen molar-refractivity contribution in [1.82, 2.24) is 20.0 Å². The zero-order valence-corrected chi connectivity index (χ0v) is 19.4. The van der Waals surface area contributed by atoms with E-state index in [9.17, 15) is 4.79 Å². The number of amides is 1. The highest BCUT2D eigenvalue weighted by molar-refractivity contribution is 5.80. The number of likely N-dealkylation sites (tertiary alicyclic amines) is 1. The Bertz CT molecular complexity index is 947. The number of para-hydroxylation sites is 2. The van der Waals surface area contributed by atoms with E-state index in [1.807, 2.05) is 35.1 Å². The minimum atomic E-state index is -0.268. The first-order valence-electron chi connectivity index (χ1n) is 12.1. The van der Waals surface area contributed by atoms with E-state index in [2.05, 4.69) is 21.5 Å². The number of nitrogens with one attached hydrogen (secondary N) is 1. The molecule has 8 heteroatoms. The van der Waals surface area contributed by atoms with E-state index in [4.69, 9.17) is 14.2 Å². The normalized spacial score (nSPS) is 24.9. The smallest absolute Gasteiger partial charge is 0.249 e. The van der Waals surface area contributed by atoms with Gasteiger partial charge in [0.2, 0.25) is 5.91 Å². The number of rotatable bonds is 7. The lowest BCUT2D eigenvalue weighted by Crippen LogP contribution is -2.45. The van der Waals surface area contributed by atoms with Crippen molar-refractivity contribution in [2.45, 2.75) is 62.9 Å². The van der Waals surface area contributed by atoms with Crippen LogP contribution in [0.5, 0.6) is 5.75 Å². The third-order valence-electron chi connectivity index (χ3n) is 7.21. The molecule has 0 aliphatic carbocycles. The predicted octanol–water partition coefficient (Wildman–Crippen LogP) is 2.69. The second kappa shape index (κ2) is 9.83. The van der Waals surface area contributed by atoms with Gasteiger partial charge in [0.25, 0.3) is 0 Å². The Morgan fingerprint density at radius 3 is 2.88 bits per heavy atom. The van der Waals surface area contributed by atoms with Crippen molar-refractivity contribution >= 4 is 5.91 Å². The van der Waals surface area contributed by atoms with Crippen LogP contribution in [-0.4, -0.2) is 71.7 Å². The van der Waals surface area contributed by atoms with E-state index < -0.39 is 0 Å². The number of aromatic nitrogens is 2. The van der Waals surface area contributed by atoms with Gasteiger partial charge in [0.1, 0.15) is 17.5 Å². The number of benzene rings is 1. The van der Waals surface area contributed by atoms with Gasteiger partial charge in [0.05, 0.1) is 25.0 Å². The summed E-state index contributed by atoms with van der Waals surface area (Å²) in [5, 5.41) is 7.58. The van der Waals surface area contributed by atoms with Crippen molar-refractivity contribution in [2.75, 3.05) is 33.4 Å². The maximum Gasteiger partial charge on any atom is 0.249 e. The van der Waals surface area contributed by atoms with E-state index in [-0.39, 0.29) is 23.7 Å². The molecule has 0 unspecified atom stereocenters. The summed E-state index contributed by atoms with van der Waals surface area (Å²) in [5.74, 6) is 0.826. The summed E-state index contributed by atoms with van der Waals surface area (Å²) in [6, 6.07) is 7.91. The van der Waals surface area contributed by atoms with Crippen molar-refractivity contribution in [2.24, 2.45) is 0 Å². The molecule has 3 fully saturated rings. The third-order valence-corrected chi connectivity index (χ3v) is 7.21. The third kappa shape index (κ3) is 5.08. The Hall–Kier alpha value is -2.42. The monoisotopic (exact) mass is 454 g/mol. The van der Waals surface area contributed by atoms with Crippen LogP contribution in [0.3, 0.4) is 0 Å². The molecule has 1 aromatic carbocycles. The van der Waals surface area contributed by atoms with E-state index in [0.717, 1.165) is 69.6 Å². The summed E-state index contributed by atoms with van der Waals surface area (Å²) in [7, 11) is 1.68. The predicted molar refractivity (Wildman–Crippen MR) is 123 cm³/mol. The number of nitrogens with zero attached hydrogens (tertiary/aromatic N) is 3. The van der Waals surface area contributed by atoms with Crippen molar-refractivity contribution in [3.05, 3.63) is 42.2 Å². The Morgan fingerprint density at radius 2 is 2.09 bits per heavy atom. The second-order valence-electron chi connectivity index (χ2n) is 9.45. The fraction of sp³-hybridized carbons (Fsp3) is 0.600. The van der Waals surface area contributed by atoms with Gasteiger partial charge < -0.3 is 19.5 Å². The molecule has 0 saturated carbocycles. The quantitative estimate of drug-likeness (QED) is 0.693. The Balaban J connectivity index is 1.09. The highest BCUT2D eigenvalue weighted by Gasteiger charge is 2.42. The molecule has 8 nitrogen and oxygen atoms in total. The highest BCUT2D eigenvalue weighted by Crippen LogP contribution is 2.39. The largest absolute Gasteiger partial charge is 0.494 e. The van der Waals surface area contributed by atoms with Gasteiger partial charge in [-0.1, -0.05) is 12.1 Å². The van der Waals surface area contributed by atoms with Crippen molar-refractivity contribution < 1.29 is 19.0 Å². The highest BCUT2D eigenvalue weighted by atomic mass is 16.5. The summed E-state index contributed by atoms with van der Waals surface area (Å²) in [5.41, 5.74) is 2.11. The van der Waals surface area contributed by atoms with Crippen LogP contribution in [0.1, 0.15) is 44.1 Å². The molecule has 1 amide bonds. The maximum absolute atomic E-state index is 12.2. The van der Waals surface area contributed by atoms with Crippen LogP contribution < -0.4 is 10.1 Å². The number of ether oxygens (including phenoxy) is 3. The number of hydrogen-bond donors (Lipinski definition) is 1. The molecular formula is C25H34N4O4.